The Morgan fingerprint density at radius 1 is 1.37 bits per heavy atom. The normalized spacial score (nSPS) is 12.5. The third-order valence-electron chi connectivity index (χ3n) is 2.13. The van der Waals surface area contributed by atoms with E-state index in [1.54, 1.807) is 29.5 Å². The average molecular weight is 259 g/mol. The summed E-state index contributed by atoms with van der Waals surface area (Å²) in [7, 11) is 0. The summed E-state index contributed by atoms with van der Waals surface area (Å²) in [6.07, 6.45) is 6.80. The number of pyridine rings is 1. The lowest BCUT2D eigenvalue weighted by atomic mass is 10.2. The van der Waals surface area contributed by atoms with E-state index in [1.165, 1.54) is 0 Å². The summed E-state index contributed by atoms with van der Waals surface area (Å²) in [4.78, 5) is 8.19. The van der Waals surface area contributed by atoms with Crippen LogP contribution in [0, 0.1) is 0 Å². The summed E-state index contributed by atoms with van der Waals surface area (Å²) < 4.78 is 7.11. The monoisotopic (exact) mass is 259 g/mol. The predicted octanol–water partition coefficient (Wildman–Crippen LogP) is 2.03. The minimum atomic E-state index is -0.368. The molecule has 0 fully saturated rings. The molecule has 0 aliphatic carbocycles. The van der Waals surface area contributed by atoms with Crippen molar-refractivity contribution in [2.24, 2.45) is 10.7 Å². The van der Waals surface area contributed by atoms with Crippen molar-refractivity contribution in [2.45, 2.75) is 26.4 Å². The molecule has 0 spiro atoms. The van der Waals surface area contributed by atoms with Crippen molar-refractivity contribution in [2.75, 3.05) is 0 Å². The summed E-state index contributed by atoms with van der Waals surface area (Å²) in [6.45, 7) is 5.73. The average Bonchev–Trinajstić information content (AvgIpc) is 2.76. The van der Waals surface area contributed by atoms with Crippen LogP contribution in [0.1, 0.15) is 20.8 Å². The SMILES string of the molecule is CC(C)(C)OC(N)=Nc1cnn(-c2cccnc2)c1. The number of nitrogens with two attached hydrogens (primary N) is 1. The summed E-state index contributed by atoms with van der Waals surface area (Å²) in [5.74, 6) is 0. The Morgan fingerprint density at radius 3 is 2.79 bits per heavy atom. The lowest BCUT2D eigenvalue weighted by molar-refractivity contribution is 0.114. The van der Waals surface area contributed by atoms with Gasteiger partial charge in [0.15, 0.2) is 0 Å². The van der Waals surface area contributed by atoms with Gasteiger partial charge in [-0.25, -0.2) is 4.68 Å². The van der Waals surface area contributed by atoms with Gasteiger partial charge in [0.25, 0.3) is 6.02 Å². The fourth-order valence-corrected chi connectivity index (χ4v) is 1.47. The number of aromatic nitrogens is 3. The summed E-state index contributed by atoms with van der Waals surface area (Å²) in [5, 5.41) is 4.19. The Labute approximate surface area is 111 Å². The number of nitrogens with zero attached hydrogens (tertiary/aromatic N) is 4. The zero-order valence-corrected chi connectivity index (χ0v) is 11.2. The lowest BCUT2D eigenvalue weighted by Crippen LogP contribution is -2.28. The molecule has 0 aromatic carbocycles. The van der Waals surface area contributed by atoms with Crippen molar-refractivity contribution < 1.29 is 4.74 Å². The van der Waals surface area contributed by atoms with Crippen LogP contribution in [0.3, 0.4) is 0 Å². The molecule has 0 unspecified atom stereocenters. The van der Waals surface area contributed by atoms with Crippen LogP contribution in [-0.4, -0.2) is 26.4 Å². The van der Waals surface area contributed by atoms with E-state index in [0.29, 0.717) is 5.69 Å². The maximum absolute atomic E-state index is 5.72. The van der Waals surface area contributed by atoms with Crippen LogP contribution in [-0.2, 0) is 4.74 Å². The fourth-order valence-electron chi connectivity index (χ4n) is 1.47. The van der Waals surface area contributed by atoms with Crippen LogP contribution in [0.15, 0.2) is 41.9 Å². The summed E-state index contributed by atoms with van der Waals surface area (Å²) in [5.41, 5.74) is 6.84. The summed E-state index contributed by atoms with van der Waals surface area (Å²) in [6, 6.07) is 3.87. The molecule has 2 N–H and O–H groups in total. The first-order chi connectivity index (χ1) is 8.94. The molecule has 100 valence electrons. The third kappa shape index (κ3) is 3.80. The highest BCUT2D eigenvalue weighted by Gasteiger charge is 2.12. The van der Waals surface area contributed by atoms with E-state index in [4.69, 9.17) is 10.5 Å². The highest BCUT2D eigenvalue weighted by atomic mass is 16.5. The zero-order chi connectivity index (χ0) is 13.9. The van der Waals surface area contributed by atoms with E-state index in [9.17, 15) is 0 Å². The molecule has 0 saturated carbocycles. The van der Waals surface area contributed by atoms with Crippen molar-refractivity contribution >= 4 is 11.7 Å². The minimum absolute atomic E-state index is 0.123. The molecular weight excluding hydrogens is 242 g/mol. The van der Waals surface area contributed by atoms with Gasteiger partial charge in [0, 0.05) is 6.20 Å². The minimum Gasteiger partial charge on any atom is -0.459 e. The van der Waals surface area contributed by atoms with Crippen LogP contribution >= 0.6 is 0 Å². The number of aliphatic imine (C=N–C) groups is 1. The van der Waals surface area contributed by atoms with Gasteiger partial charge in [-0.15, -0.1) is 0 Å². The maximum atomic E-state index is 5.72. The second-order valence-electron chi connectivity index (χ2n) is 5.02. The Balaban J connectivity index is 2.16. The molecule has 19 heavy (non-hydrogen) atoms. The molecule has 0 amide bonds. The molecule has 0 bridgehead atoms. The molecule has 2 aromatic heterocycles. The second-order valence-corrected chi connectivity index (χ2v) is 5.02. The Kier molecular flexibility index (Phi) is 3.50. The summed E-state index contributed by atoms with van der Waals surface area (Å²) >= 11 is 0. The van der Waals surface area contributed by atoms with Crippen LogP contribution in [0.4, 0.5) is 5.69 Å². The van der Waals surface area contributed by atoms with E-state index in [0.717, 1.165) is 5.69 Å². The van der Waals surface area contributed by atoms with Crippen LogP contribution in [0.5, 0.6) is 0 Å². The fraction of sp³-hybridized carbons (Fsp3) is 0.308. The molecule has 2 aromatic rings. The van der Waals surface area contributed by atoms with Crippen molar-refractivity contribution in [1.29, 1.82) is 0 Å². The molecule has 2 heterocycles. The smallest absolute Gasteiger partial charge is 0.287 e. The largest absolute Gasteiger partial charge is 0.459 e. The van der Waals surface area contributed by atoms with Gasteiger partial charge in [-0.1, -0.05) is 0 Å². The van der Waals surface area contributed by atoms with Crippen molar-refractivity contribution in [3.8, 4) is 5.69 Å². The van der Waals surface area contributed by atoms with Gasteiger partial charge in [-0.3, -0.25) is 4.98 Å². The van der Waals surface area contributed by atoms with Gasteiger partial charge in [0.1, 0.15) is 11.3 Å². The number of ether oxygens (including phenoxy) is 1. The molecule has 0 atom stereocenters. The first-order valence-electron chi connectivity index (χ1n) is 5.92. The van der Waals surface area contributed by atoms with Crippen LogP contribution in [0.25, 0.3) is 5.69 Å². The quantitative estimate of drug-likeness (QED) is 0.661. The topological polar surface area (TPSA) is 78.3 Å². The van der Waals surface area contributed by atoms with Crippen LogP contribution in [0.2, 0.25) is 0 Å². The van der Waals surface area contributed by atoms with Crippen molar-refractivity contribution in [3.05, 3.63) is 36.9 Å². The van der Waals surface area contributed by atoms with E-state index >= 15 is 0 Å². The van der Waals surface area contributed by atoms with Crippen molar-refractivity contribution in [3.63, 3.8) is 0 Å². The first-order valence-corrected chi connectivity index (χ1v) is 5.92. The van der Waals surface area contributed by atoms with Gasteiger partial charge in [0.2, 0.25) is 0 Å². The Hall–Kier alpha value is -2.37. The Morgan fingerprint density at radius 2 is 2.16 bits per heavy atom. The number of hydrogen-bond donors (Lipinski definition) is 1. The number of amidine groups is 1. The second kappa shape index (κ2) is 5.09. The van der Waals surface area contributed by atoms with E-state index in [2.05, 4.69) is 15.1 Å². The molecule has 6 heteroatoms. The highest BCUT2D eigenvalue weighted by molar-refractivity contribution is 5.75. The van der Waals surface area contributed by atoms with E-state index in [-0.39, 0.29) is 11.6 Å². The lowest BCUT2D eigenvalue weighted by Gasteiger charge is -2.19. The van der Waals surface area contributed by atoms with E-state index in [1.807, 2.05) is 32.9 Å². The Bertz CT molecular complexity index is 568. The number of hydrogen-bond acceptors (Lipinski definition) is 4. The standard InChI is InChI=1S/C13H17N5O/c1-13(2,3)19-12(14)17-10-7-16-18(9-10)11-5-4-6-15-8-11/h4-9H,1-3H3,(H2,14,17). The van der Waals surface area contributed by atoms with Gasteiger partial charge >= 0.3 is 0 Å². The van der Waals surface area contributed by atoms with E-state index < -0.39 is 0 Å². The zero-order valence-electron chi connectivity index (χ0n) is 11.2. The predicted molar refractivity (Wildman–Crippen MR) is 73.5 cm³/mol. The molecule has 0 aliphatic heterocycles. The van der Waals surface area contributed by atoms with Crippen LogP contribution < -0.4 is 5.73 Å². The molecule has 0 saturated heterocycles. The molecule has 6 nitrogen and oxygen atoms in total. The highest BCUT2D eigenvalue weighted by Crippen LogP contribution is 2.15. The molecule has 0 aliphatic rings. The molecule has 0 radical (unpaired) electrons. The molecular formula is C13H17N5O. The molecule has 2 rings (SSSR count). The van der Waals surface area contributed by atoms with Gasteiger partial charge in [0.05, 0.1) is 24.3 Å². The first kappa shape index (κ1) is 13.1. The van der Waals surface area contributed by atoms with Gasteiger partial charge in [-0.2, -0.15) is 10.1 Å². The van der Waals surface area contributed by atoms with Crippen molar-refractivity contribution in [1.82, 2.24) is 14.8 Å². The van der Waals surface area contributed by atoms with Gasteiger partial charge in [-0.05, 0) is 32.9 Å². The maximum Gasteiger partial charge on any atom is 0.287 e. The van der Waals surface area contributed by atoms with Gasteiger partial charge < -0.3 is 10.5 Å². The third-order valence-corrected chi connectivity index (χ3v) is 2.13. The number of rotatable bonds is 2.